The van der Waals surface area contributed by atoms with E-state index in [0.29, 0.717) is 6.42 Å². The molecule has 25 heteroatoms. The van der Waals surface area contributed by atoms with Crippen LogP contribution in [0.25, 0.3) is 0 Å². The second kappa shape index (κ2) is 23.0. The number of carboxylic acids is 2. The highest BCUT2D eigenvalue weighted by atomic mass is 32.2. The first-order chi connectivity index (χ1) is 27.6. The van der Waals surface area contributed by atoms with Crippen LogP contribution < -0.4 is 44.2 Å². The van der Waals surface area contributed by atoms with Gasteiger partial charge in [-0.2, -0.15) is 0 Å². The Morgan fingerprint density at radius 3 is 2.15 bits per heavy atom. The number of β-lactam (4-membered cyclic amide) rings is 1. The summed E-state index contributed by atoms with van der Waals surface area (Å²) in [5.74, 6) is -9.73. The predicted molar refractivity (Wildman–Crippen MR) is 204 cm³/mol. The quantitative estimate of drug-likeness (QED) is 0.0219. The van der Waals surface area contributed by atoms with E-state index in [1.54, 1.807) is 13.8 Å². The molecule has 24 nitrogen and oxygen atoms in total. The first-order valence-electron chi connectivity index (χ1n) is 18.5. The van der Waals surface area contributed by atoms with Gasteiger partial charge < -0.3 is 74.1 Å². The van der Waals surface area contributed by atoms with Crippen molar-refractivity contribution in [2.75, 3.05) is 32.6 Å². The molecule has 2 unspecified atom stereocenters. The number of aliphatic hydroxyl groups excluding tert-OH is 2. The number of fused-ring (bicyclic) bond motifs is 1. The Balaban J connectivity index is 2.13. The van der Waals surface area contributed by atoms with Gasteiger partial charge in [-0.25, -0.2) is 4.79 Å². The number of nitrogens with one attached hydrogen (secondary N) is 4. The fraction of sp³-hybridized carbons (Fsp3) is 0.676. The van der Waals surface area contributed by atoms with Crippen LogP contribution in [0.4, 0.5) is 0 Å². The lowest BCUT2D eigenvalue weighted by molar-refractivity contribution is -0.192. The zero-order valence-corrected chi connectivity index (χ0v) is 33.7. The third-order valence-electron chi connectivity index (χ3n) is 9.30. The van der Waals surface area contributed by atoms with Crippen LogP contribution in [-0.4, -0.2) is 159 Å². The summed E-state index contributed by atoms with van der Waals surface area (Å²) >= 11 is 0.991. The molecule has 59 heavy (non-hydrogen) atoms. The highest BCUT2D eigenvalue weighted by Crippen LogP contribution is 2.46. The van der Waals surface area contributed by atoms with Crippen LogP contribution in [0.3, 0.4) is 0 Å². The molecule has 1 saturated heterocycles. The summed E-state index contributed by atoms with van der Waals surface area (Å²) in [6, 6.07) is -6.49. The topological polar surface area (TPSA) is 408 Å². The van der Waals surface area contributed by atoms with Gasteiger partial charge >= 0.3 is 17.9 Å². The van der Waals surface area contributed by atoms with Crippen molar-refractivity contribution in [3.63, 3.8) is 0 Å². The minimum atomic E-state index is -1.95. The Hall–Kier alpha value is -4.92. The van der Waals surface area contributed by atoms with Gasteiger partial charge in [-0.1, -0.05) is 13.8 Å². The summed E-state index contributed by atoms with van der Waals surface area (Å²) < 4.78 is 10.6. The Labute approximate surface area is 342 Å². The largest absolute Gasteiger partial charge is 0.480 e. The minimum absolute atomic E-state index is 0.0193. The number of nitrogens with zero attached hydrogens (tertiary/aromatic N) is 1. The number of hydrogen-bond acceptors (Lipinski definition) is 17. The van der Waals surface area contributed by atoms with Gasteiger partial charge in [0.1, 0.15) is 41.8 Å². The van der Waals surface area contributed by atoms with Crippen molar-refractivity contribution in [2.45, 2.75) is 106 Å². The number of nitrogens with two attached hydrogens (primary N) is 4. The number of hydrogen-bond donors (Lipinski definition) is 12. The van der Waals surface area contributed by atoms with Crippen LogP contribution in [-0.2, 0) is 52.6 Å². The lowest BCUT2D eigenvalue weighted by atomic mass is 9.97. The zero-order chi connectivity index (χ0) is 44.8. The normalized spacial score (nSPS) is 20.5. The summed E-state index contributed by atoms with van der Waals surface area (Å²) in [5, 5.41) is 47.9. The van der Waals surface area contributed by atoms with Crippen LogP contribution in [0.15, 0.2) is 11.3 Å². The lowest BCUT2D eigenvalue weighted by Crippen LogP contribution is -2.80. The van der Waals surface area contributed by atoms with Crippen molar-refractivity contribution in [2.24, 2.45) is 28.9 Å². The van der Waals surface area contributed by atoms with Crippen LogP contribution in [0, 0.1) is 5.92 Å². The van der Waals surface area contributed by atoms with Crippen molar-refractivity contribution >= 4 is 65.1 Å². The molecule has 0 aromatic rings. The predicted octanol–water partition coefficient (Wildman–Crippen LogP) is -5.38. The Morgan fingerprint density at radius 2 is 1.61 bits per heavy atom. The summed E-state index contributed by atoms with van der Waals surface area (Å²) in [7, 11) is 1.13. The molecule has 2 heterocycles. The number of esters is 1. The van der Waals surface area contributed by atoms with E-state index in [4.69, 9.17) is 37.5 Å². The smallest absolute Gasteiger partial charge is 0.352 e. The monoisotopic (exact) mass is 861 g/mol. The number of carbonyl (C=O) groups excluding carboxylic acids is 7. The van der Waals surface area contributed by atoms with Crippen LogP contribution >= 0.6 is 11.8 Å². The number of aliphatic carboxylic acids is 2. The third kappa shape index (κ3) is 13.6. The van der Waals surface area contributed by atoms with Crippen molar-refractivity contribution in [1.82, 2.24) is 26.2 Å². The molecule has 16 N–H and O–H groups in total. The molecular formula is C34H55N9O15S. The summed E-state index contributed by atoms with van der Waals surface area (Å²) in [5.41, 5.74) is 19.4. The van der Waals surface area contributed by atoms with Crippen molar-refractivity contribution in [3.8, 4) is 0 Å². The summed E-state index contributed by atoms with van der Waals surface area (Å²) in [6.07, 6.45) is -3.08. The van der Waals surface area contributed by atoms with E-state index in [1.165, 1.54) is 0 Å². The first kappa shape index (κ1) is 50.2. The zero-order valence-electron chi connectivity index (χ0n) is 32.8. The highest BCUT2D eigenvalue weighted by molar-refractivity contribution is 8.00. The maximum atomic E-state index is 13.4. The number of ether oxygens (including phenoxy) is 2. The molecule has 2 rings (SSSR count). The fourth-order valence-electron chi connectivity index (χ4n) is 5.98. The van der Waals surface area contributed by atoms with E-state index >= 15 is 0 Å². The molecule has 1 fully saturated rings. The molecule has 0 aromatic heterocycles. The van der Waals surface area contributed by atoms with Crippen LogP contribution in [0.1, 0.15) is 58.8 Å². The number of methoxy groups -OCH3 is 1. The van der Waals surface area contributed by atoms with E-state index in [9.17, 15) is 58.5 Å². The van der Waals surface area contributed by atoms with E-state index in [1.807, 2.05) is 0 Å². The van der Waals surface area contributed by atoms with Gasteiger partial charge in [-0.05, 0) is 38.1 Å². The summed E-state index contributed by atoms with van der Waals surface area (Å²) in [6.45, 7) is 1.96. The van der Waals surface area contributed by atoms with E-state index in [-0.39, 0.29) is 43.6 Å². The SMILES string of the molecule is CO[C@@]1(NC(=O)CCC[C@@H](N)C(=O)O)C(=O)N2C(C(=O)O)=C(COC(=O)CC(O)C(CC(N)=O)NC(=O)[C@@H](NC(=O)[C@H](CCCN)NC(=O)[C@@H](N)CO)C(C)C)CS[C@@H]21. The van der Waals surface area contributed by atoms with Crippen molar-refractivity contribution in [3.05, 3.63) is 11.3 Å². The second-order valence-corrected chi connectivity index (χ2v) is 15.2. The number of aliphatic hydroxyl groups is 2. The standard InChI is InChI=1S/C34H55N9O15S/c1-15(2)25(41-28(50)19(7-5-9-35)39-27(49)18(37)12-44)29(51)40-20(10-22(38)46)21(45)11-24(48)58-13-16-14-59-33-34(57-3,32(56)43(33)26(16)31(54)55)42-23(47)8-4-6-17(36)30(52)53/h15,17-21,25,33,44-45H,4-14,35-37H2,1-3H3,(H2,38,46)(H,39,49)(H,40,51)(H,41,50)(H,42,47)(H,52,53)(H,54,55)/t17-,18+,19+,20?,21?,25+,33-,34+/m1/s1. The first-order valence-corrected chi connectivity index (χ1v) is 19.5. The minimum Gasteiger partial charge on any atom is -0.480 e. The van der Waals surface area contributed by atoms with Gasteiger partial charge in [-0.15, -0.1) is 11.8 Å². The average Bonchev–Trinajstić information content (AvgIpc) is 3.17. The molecule has 332 valence electrons. The maximum absolute atomic E-state index is 13.4. The Kier molecular flexibility index (Phi) is 19.6. The number of carbonyl (C=O) groups is 9. The van der Waals surface area contributed by atoms with E-state index in [2.05, 4.69) is 21.3 Å². The molecule has 0 saturated carbocycles. The number of primary amides is 1. The lowest BCUT2D eigenvalue weighted by Gasteiger charge is -2.55. The molecule has 6 amide bonds. The molecule has 0 bridgehead atoms. The van der Waals surface area contributed by atoms with Crippen LogP contribution in [0.2, 0.25) is 0 Å². The number of rotatable bonds is 26. The molecule has 0 aliphatic carbocycles. The van der Waals surface area contributed by atoms with Gasteiger partial charge in [0.05, 0.1) is 25.2 Å². The average molecular weight is 862 g/mol. The molecule has 0 aromatic carbocycles. The molecule has 2 aliphatic heterocycles. The van der Waals surface area contributed by atoms with Crippen LogP contribution in [0.5, 0.6) is 0 Å². The van der Waals surface area contributed by atoms with Gasteiger partial charge in [0.25, 0.3) is 11.6 Å². The Morgan fingerprint density at radius 1 is 0.949 bits per heavy atom. The maximum Gasteiger partial charge on any atom is 0.352 e. The molecular weight excluding hydrogens is 806 g/mol. The molecule has 2 aliphatic rings. The second-order valence-electron chi connectivity index (χ2n) is 14.1. The Bertz CT molecular complexity index is 1630. The van der Waals surface area contributed by atoms with Gasteiger partial charge in [0, 0.05) is 31.3 Å². The van der Waals surface area contributed by atoms with Gasteiger partial charge in [0.15, 0.2) is 0 Å². The molecule has 0 spiro atoms. The molecule has 0 radical (unpaired) electrons. The van der Waals surface area contributed by atoms with E-state index in [0.717, 1.165) is 23.8 Å². The summed E-state index contributed by atoms with van der Waals surface area (Å²) in [4.78, 5) is 114. The van der Waals surface area contributed by atoms with E-state index < -0.39 is 138 Å². The fourth-order valence-corrected chi connectivity index (χ4v) is 7.40. The highest BCUT2D eigenvalue weighted by Gasteiger charge is 2.66. The van der Waals surface area contributed by atoms with Gasteiger partial charge in [0.2, 0.25) is 29.5 Å². The van der Waals surface area contributed by atoms with Gasteiger partial charge in [-0.3, -0.25) is 43.3 Å². The van der Waals surface area contributed by atoms with Crippen molar-refractivity contribution in [1.29, 1.82) is 0 Å². The number of amides is 6. The third-order valence-corrected chi connectivity index (χ3v) is 10.7. The molecule has 8 atom stereocenters. The number of thioether (sulfide) groups is 1. The number of carboxylic acid groups (broad SMARTS) is 2. The van der Waals surface area contributed by atoms with Crippen molar-refractivity contribution < 1.29 is 73.1 Å².